The van der Waals surface area contributed by atoms with Gasteiger partial charge in [-0.05, 0) is 59.7 Å². The van der Waals surface area contributed by atoms with Crippen LogP contribution in [-0.4, -0.2) is 0 Å². The summed E-state index contributed by atoms with van der Waals surface area (Å²) in [6.45, 7) is 0. The molecular formula is C27H21NS. The molecule has 2 heteroatoms. The molecule has 0 aliphatic heterocycles. The third kappa shape index (κ3) is 2.75. The first-order valence-electron chi connectivity index (χ1n) is 10.3. The second-order valence-electron chi connectivity index (χ2n) is 7.75. The summed E-state index contributed by atoms with van der Waals surface area (Å²) < 4.78 is 2.68. The molecule has 0 atom stereocenters. The number of hydrogen-bond acceptors (Lipinski definition) is 2. The summed E-state index contributed by atoms with van der Waals surface area (Å²) in [5, 5.41) is 6.49. The van der Waals surface area contributed by atoms with Gasteiger partial charge in [-0.1, -0.05) is 66.7 Å². The SMILES string of the molecule is c1ccc2c(c1)CCCc1c(Nc3cccc4c3sc3ccccc34)cccc1-2. The Balaban J connectivity index is 1.50. The number of fused-ring (bicyclic) bond motifs is 6. The van der Waals surface area contributed by atoms with Gasteiger partial charge in [0.1, 0.15) is 0 Å². The first kappa shape index (κ1) is 16.8. The second-order valence-corrected chi connectivity index (χ2v) is 8.80. The Hall–Kier alpha value is -3.10. The van der Waals surface area contributed by atoms with Crippen LogP contribution in [0.2, 0.25) is 0 Å². The van der Waals surface area contributed by atoms with Crippen molar-refractivity contribution in [1.82, 2.24) is 0 Å². The summed E-state index contributed by atoms with van der Waals surface area (Å²) in [5.74, 6) is 0. The molecule has 1 N–H and O–H groups in total. The van der Waals surface area contributed by atoms with Crippen LogP contribution in [0.5, 0.6) is 0 Å². The molecule has 1 aliphatic carbocycles. The maximum Gasteiger partial charge on any atom is 0.0590 e. The van der Waals surface area contributed by atoms with E-state index < -0.39 is 0 Å². The van der Waals surface area contributed by atoms with Gasteiger partial charge < -0.3 is 5.32 Å². The molecule has 0 radical (unpaired) electrons. The molecule has 6 rings (SSSR count). The minimum absolute atomic E-state index is 1.11. The summed E-state index contributed by atoms with van der Waals surface area (Å²) in [6.07, 6.45) is 3.45. The summed E-state index contributed by atoms with van der Waals surface area (Å²) in [7, 11) is 0. The molecule has 5 aromatic rings. The Bertz CT molecular complexity index is 1360. The average molecular weight is 392 g/mol. The van der Waals surface area contributed by atoms with Crippen LogP contribution in [0.1, 0.15) is 17.5 Å². The smallest absolute Gasteiger partial charge is 0.0590 e. The van der Waals surface area contributed by atoms with E-state index in [-0.39, 0.29) is 0 Å². The van der Waals surface area contributed by atoms with Crippen molar-refractivity contribution in [3.63, 3.8) is 0 Å². The fourth-order valence-electron chi connectivity index (χ4n) is 4.67. The molecule has 0 amide bonds. The van der Waals surface area contributed by atoms with Crippen molar-refractivity contribution in [3.8, 4) is 11.1 Å². The quantitative estimate of drug-likeness (QED) is 0.322. The zero-order chi connectivity index (χ0) is 19.2. The van der Waals surface area contributed by atoms with Crippen LogP contribution in [0.25, 0.3) is 31.3 Å². The first-order chi connectivity index (χ1) is 14.4. The standard InChI is InChI=1S/C27H21NS/c1-2-10-19-18(8-1)9-5-13-21-20(19)12-6-15-24(21)28-25-16-7-14-23-22-11-3-4-17-26(22)29-27(23)25/h1-4,6-8,10-12,14-17,28H,5,9,13H2. The first-order valence-corrected chi connectivity index (χ1v) is 11.1. The van der Waals surface area contributed by atoms with Crippen LogP contribution in [0.15, 0.2) is 84.9 Å². The molecule has 1 nitrogen and oxygen atoms in total. The average Bonchev–Trinajstić information content (AvgIpc) is 3.04. The molecule has 0 bridgehead atoms. The van der Waals surface area contributed by atoms with Crippen LogP contribution >= 0.6 is 11.3 Å². The molecule has 29 heavy (non-hydrogen) atoms. The normalized spacial score (nSPS) is 13.1. The van der Waals surface area contributed by atoms with Gasteiger partial charge in [0.2, 0.25) is 0 Å². The second kappa shape index (κ2) is 6.75. The van der Waals surface area contributed by atoms with E-state index in [4.69, 9.17) is 0 Å². The highest BCUT2D eigenvalue weighted by Crippen LogP contribution is 2.41. The lowest BCUT2D eigenvalue weighted by atomic mass is 9.95. The lowest BCUT2D eigenvalue weighted by molar-refractivity contribution is 0.836. The third-order valence-electron chi connectivity index (χ3n) is 6.03. The highest BCUT2D eigenvalue weighted by Gasteiger charge is 2.17. The lowest BCUT2D eigenvalue weighted by Gasteiger charge is -2.16. The predicted octanol–water partition coefficient (Wildman–Crippen LogP) is 7.95. The highest BCUT2D eigenvalue weighted by atomic mass is 32.1. The van der Waals surface area contributed by atoms with E-state index in [0.29, 0.717) is 0 Å². The van der Waals surface area contributed by atoms with Crippen LogP contribution in [0, 0.1) is 0 Å². The number of aryl methyl sites for hydroxylation is 1. The number of hydrogen-bond donors (Lipinski definition) is 1. The molecule has 0 saturated heterocycles. The van der Waals surface area contributed by atoms with Crippen LogP contribution in [0.3, 0.4) is 0 Å². The Morgan fingerprint density at radius 1 is 0.621 bits per heavy atom. The van der Waals surface area contributed by atoms with Gasteiger partial charge in [0, 0.05) is 21.2 Å². The fraction of sp³-hybridized carbons (Fsp3) is 0.111. The zero-order valence-corrected chi connectivity index (χ0v) is 16.9. The monoisotopic (exact) mass is 391 g/mol. The van der Waals surface area contributed by atoms with Crippen molar-refractivity contribution in [3.05, 3.63) is 96.1 Å². The molecule has 0 saturated carbocycles. The number of anilines is 2. The van der Waals surface area contributed by atoms with Gasteiger partial charge in [0.25, 0.3) is 0 Å². The Morgan fingerprint density at radius 2 is 1.38 bits per heavy atom. The summed E-state index contributed by atoms with van der Waals surface area (Å²) >= 11 is 1.88. The third-order valence-corrected chi connectivity index (χ3v) is 7.25. The van der Waals surface area contributed by atoms with Crippen LogP contribution in [0.4, 0.5) is 11.4 Å². The van der Waals surface area contributed by atoms with Gasteiger partial charge >= 0.3 is 0 Å². The number of nitrogens with one attached hydrogen (secondary N) is 1. The topological polar surface area (TPSA) is 12.0 Å². The van der Waals surface area contributed by atoms with Gasteiger partial charge in [0.15, 0.2) is 0 Å². The molecule has 0 fully saturated rings. The van der Waals surface area contributed by atoms with Gasteiger partial charge in [0.05, 0.1) is 10.4 Å². The molecule has 0 unspecified atom stereocenters. The molecular weight excluding hydrogens is 370 g/mol. The highest BCUT2D eigenvalue weighted by molar-refractivity contribution is 7.26. The maximum atomic E-state index is 3.81. The number of thiophene rings is 1. The van der Waals surface area contributed by atoms with E-state index in [2.05, 4.69) is 90.2 Å². The van der Waals surface area contributed by atoms with E-state index in [9.17, 15) is 0 Å². The van der Waals surface area contributed by atoms with Crippen molar-refractivity contribution in [2.24, 2.45) is 0 Å². The van der Waals surface area contributed by atoms with Crippen molar-refractivity contribution in [1.29, 1.82) is 0 Å². The lowest BCUT2D eigenvalue weighted by Crippen LogP contribution is -1.98. The fourth-order valence-corrected chi connectivity index (χ4v) is 5.84. The molecule has 1 aliphatic rings. The van der Waals surface area contributed by atoms with E-state index in [1.807, 2.05) is 11.3 Å². The Labute approximate surface area is 174 Å². The Kier molecular flexibility index (Phi) is 3.92. The van der Waals surface area contributed by atoms with Crippen molar-refractivity contribution in [2.45, 2.75) is 19.3 Å². The van der Waals surface area contributed by atoms with Gasteiger partial charge in [-0.3, -0.25) is 0 Å². The van der Waals surface area contributed by atoms with Crippen molar-refractivity contribution < 1.29 is 0 Å². The van der Waals surface area contributed by atoms with E-state index in [1.165, 1.54) is 60.2 Å². The largest absolute Gasteiger partial charge is 0.354 e. The molecule has 1 heterocycles. The minimum atomic E-state index is 1.11. The predicted molar refractivity (Wildman–Crippen MR) is 127 cm³/mol. The van der Waals surface area contributed by atoms with Crippen LogP contribution in [-0.2, 0) is 12.8 Å². The van der Waals surface area contributed by atoms with E-state index >= 15 is 0 Å². The minimum Gasteiger partial charge on any atom is -0.354 e. The van der Waals surface area contributed by atoms with Crippen LogP contribution < -0.4 is 5.32 Å². The van der Waals surface area contributed by atoms with Gasteiger partial charge in [-0.25, -0.2) is 0 Å². The van der Waals surface area contributed by atoms with Gasteiger partial charge in [-0.2, -0.15) is 0 Å². The summed E-state index contributed by atoms with van der Waals surface area (Å²) in [5.41, 5.74) is 8.12. The maximum absolute atomic E-state index is 3.81. The number of benzene rings is 4. The molecule has 1 aromatic heterocycles. The number of rotatable bonds is 2. The molecule has 140 valence electrons. The van der Waals surface area contributed by atoms with E-state index in [1.54, 1.807) is 0 Å². The molecule has 0 spiro atoms. The summed E-state index contributed by atoms with van der Waals surface area (Å²) in [4.78, 5) is 0. The zero-order valence-electron chi connectivity index (χ0n) is 16.1. The molecule has 4 aromatic carbocycles. The van der Waals surface area contributed by atoms with E-state index in [0.717, 1.165) is 12.8 Å². The Morgan fingerprint density at radius 3 is 2.38 bits per heavy atom. The van der Waals surface area contributed by atoms with Crippen molar-refractivity contribution in [2.75, 3.05) is 5.32 Å². The van der Waals surface area contributed by atoms with Gasteiger partial charge in [-0.15, -0.1) is 11.3 Å². The summed E-state index contributed by atoms with van der Waals surface area (Å²) in [6, 6.07) is 30.9. The van der Waals surface area contributed by atoms with Crippen molar-refractivity contribution >= 4 is 42.9 Å².